The minimum Gasteiger partial charge on any atom is -0.479 e. The molecule has 2 amide bonds. The Kier molecular flexibility index (Phi) is 7.56. The highest BCUT2D eigenvalue weighted by atomic mass is 32.2. The van der Waals surface area contributed by atoms with E-state index in [2.05, 4.69) is 10.2 Å². The fourth-order valence-electron chi connectivity index (χ4n) is 0.622. The summed E-state index contributed by atoms with van der Waals surface area (Å²) < 4.78 is 10.9. The molecule has 0 saturated heterocycles. The molecule has 0 aliphatic rings. The minimum atomic E-state index is -1.18. The Bertz CT molecular complexity index is 246. The monoisotopic (exact) mass is 238 g/mol. The summed E-state index contributed by atoms with van der Waals surface area (Å²) in [5.41, 5.74) is 1.88. The van der Waals surface area contributed by atoms with Crippen LogP contribution in [-0.2, 0) is 20.4 Å². The van der Waals surface area contributed by atoms with Crippen molar-refractivity contribution in [3.05, 3.63) is 0 Å². The van der Waals surface area contributed by atoms with E-state index in [-0.39, 0.29) is 6.54 Å². The molecule has 0 heterocycles. The zero-order valence-corrected chi connectivity index (χ0v) is 9.13. The summed E-state index contributed by atoms with van der Waals surface area (Å²) in [6.07, 6.45) is 0. The number of hydroxylamine groups is 1. The third-order valence-electron chi connectivity index (χ3n) is 1.30. The lowest BCUT2D eigenvalue weighted by Crippen LogP contribution is -2.38. The molecule has 0 bridgehead atoms. The van der Waals surface area contributed by atoms with Crippen molar-refractivity contribution >= 4 is 22.8 Å². The van der Waals surface area contributed by atoms with E-state index in [0.717, 1.165) is 0 Å². The maximum atomic E-state index is 10.9. The molecule has 0 radical (unpaired) electrons. The van der Waals surface area contributed by atoms with E-state index in [1.165, 1.54) is 0 Å². The number of hydrogen-bond donors (Lipinski definition) is 3. The van der Waals surface area contributed by atoms with Crippen LogP contribution in [0.4, 0.5) is 4.79 Å². The number of carboxylic acid groups (broad SMARTS) is 1. The third-order valence-corrected chi connectivity index (χ3v) is 2.60. The van der Waals surface area contributed by atoms with Crippen LogP contribution >= 0.6 is 0 Å². The largest absolute Gasteiger partial charge is 0.479 e. The summed E-state index contributed by atoms with van der Waals surface area (Å²) in [5, 5.41) is 10.5. The first-order chi connectivity index (χ1) is 7.06. The standard InChI is InChI=1S/C7H14N2O5S/c1-2-15(13)4-3-8-7(12)9-14-5-6(10)11/h2-5H2,1H3,(H,10,11)(H2,8,9,12). The SMILES string of the molecule is CCS(=O)CCNC(=O)NOCC(=O)O. The summed E-state index contributed by atoms with van der Waals surface area (Å²) in [6.45, 7) is 1.43. The lowest BCUT2D eigenvalue weighted by molar-refractivity contribution is -0.144. The van der Waals surface area contributed by atoms with Gasteiger partial charge in [-0.25, -0.2) is 15.1 Å². The van der Waals surface area contributed by atoms with Crippen LogP contribution in [-0.4, -0.2) is 46.0 Å². The lowest BCUT2D eigenvalue weighted by Gasteiger charge is -2.05. The second kappa shape index (κ2) is 8.18. The van der Waals surface area contributed by atoms with E-state index in [9.17, 15) is 13.8 Å². The first-order valence-electron chi connectivity index (χ1n) is 4.28. The van der Waals surface area contributed by atoms with Crippen molar-refractivity contribution < 1.29 is 23.7 Å². The third kappa shape index (κ3) is 9.16. The van der Waals surface area contributed by atoms with E-state index < -0.39 is 29.4 Å². The molecular weight excluding hydrogens is 224 g/mol. The Labute approximate surface area is 89.6 Å². The Morgan fingerprint density at radius 2 is 2.13 bits per heavy atom. The predicted octanol–water partition coefficient (Wildman–Crippen LogP) is -0.930. The Hall–Kier alpha value is -1.15. The summed E-state index contributed by atoms with van der Waals surface area (Å²) in [5.74, 6) is -0.274. The van der Waals surface area contributed by atoms with Crippen LogP contribution in [0.25, 0.3) is 0 Å². The van der Waals surface area contributed by atoms with Gasteiger partial charge in [-0.05, 0) is 0 Å². The highest BCUT2D eigenvalue weighted by Gasteiger charge is 2.02. The molecule has 0 aliphatic heterocycles. The molecule has 0 fully saturated rings. The molecule has 7 nitrogen and oxygen atoms in total. The van der Waals surface area contributed by atoms with E-state index in [4.69, 9.17) is 5.11 Å². The number of nitrogens with one attached hydrogen (secondary N) is 2. The number of rotatable bonds is 7. The van der Waals surface area contributed by atoms with Crippen LogP contribution in [0.5, 0.6) is 0 Å². The molecule has 1 atom stereocenters. The van der Waals surface area contributed by atoms with E-state index in [1.54, 1.807) is 6.92 Å². The molecule has 15 heavy (non-hydrogen) atoms. The van der Waals surface area contributed by atoms with Gasteiger partial charge in [0, 0.05) is 28.9 Å². The Morgan fingerprint density at radius 1 is 1.47 bits per heavy atom. The van der Waals surface area contributed by atoms with Crippen LogP contribution in [0.15, 0.2) is 0 Å². The topological polar surface area (TPSA) is 105 Å². The number of carbonyl (C=O) groups excluding carboxylic acids is 1. The van der Waals surface area contributed by atoms with Crippen LogP contribution in [0, 0.1) is 0 Å². The van der Waals surface area contributed by atoms with Crippen molar-refractivity contribution in [3.8, 4) is 0 Å². The van der Waals surface area contributed by atoms with Crippen LogP contribution in [0.3, 0.4) is 0 Å². The molecule has 3 N–H and O–H groups in total. The van der Waals surface area contributed by atoms with Gasteiger partial charge in [-0.1, -0.05) is 6.92 Å². The van der Waals surface area contributed by atoms with Crippen molar-refractivity contribution in [2.75, 3.05) is 24.7 Å². The number of amides is 2. The molecule has 1 unspecified atom stereocenters. The number of carbonyl (C=O) groups is 2. The van der Waals surface area contributed by atoms with Gasteiger partial charge < -0.3 is 10.4 Å². The van der Waals surface area contributed by atoms with Crippen LogP contribution < -0.4 is 10.8 Å². The van der Waals surface area contributed by atoms with E-state index in [0.29, 0.717) is 11.5 Å². The van der Waals surface area contributed by atoms with Gasteiger partial charge in [-0.15, -0.1) is 0 Å². The van der Waals surface area contributed by atoms with Gasteiger partial charge in [0.05, 0.1) is 0 Å². The molecule has 88 valence electrons. The molecule has 0 aromatic carbocycles. The highest BCUT2D eigenvalue weighted by Crippen LogP contribution is 1.79. The molecule has 0 spiro atoms. The van der Waals surface area contributed by atoms with Gasteiger partial charge in [0.25, 0.3) is 0 Å². The van der Waals surface area contributed by atoms with Gasteiger partial charge in [-0.3, -0.25) is 9.05 Å². The quantitative estimate of drug-likeness (QED) is 0.497. The number of aliphatic carboxylic acids is 1. The van der Waals surface area contributed by atoms with Crippen molar-refractivity contribution in [3.63, 3.8) is 0 Å². The van der Waals surface area contributed by atoms with Gasteiger partial charge in [0.15, 0.2) is 6.61 Å². The molecule has 0 aliphatic carbocycles. The number of urea groups is 1. The minimum absolute atomic E-state index is 0.253. The Morgan fingerprint density at radius 3 is 2.67 bits per heavy atom. The second-order valence-electron chi connectivity index (χ2n) is 2.47. The number of carboxylic acids is 1. The molecule has 0 aromatic heterocycles. The fourth-order valence-corrected chi connectivity index (χ4v) is 1.24. The summed E-state index contributed by atoms with van der Waals surface area (Å²) in [4.78, 5) is 25.1. The average Bonchev–Trinajstić information content (AvgIpc) is 2.17. The number of hydrogen-bond acceptors (Lipinski definition) is 4. The fraction of sp³-hybridized carbons (Fsp3) is 0.714. The van der Waals surface area contributed by atoms with Gasteiger partial charge in [0.1, 0.15) is 0 Å². The molecular formula is C7H14N2O5S. The predicted molar refractivity (Wildman–Crippen MR) is 53.7 cm³/mol. The first kappa shape index (κ1) is 13.8. The first-order valence-corrected chi connectivity index (χ1v) is 5.77. The average molecular weight is 238 g/mol. The smallest absolute Gasteiger partial charge is 0.338 e. The van der Waals surface area contributed by atoms with E-state index >= 15 is 0 Å². The maximum Gasteiger partial charge on any atom is 0.338 e. The normalized spacial score (nSPS) is 11.8. The summed E-state index contributed by atoms with van der Waals surface area (Å²) in [7, 11) is -0.934. The molecule has 0 rings (SSSR count). The zero-order chi connectivity index (χ0) is 11.7. The lowest BCUT2D eigenvalue weighted by atomic mass is 10.7. The van der Waals surface area contributed by atoms with Crippen molar-refractivity contribution in [1.29, 1.82) is 0 Å². The maximum absolute atomic E-state index is 10.9. The van der Waals surface area contributed by atoms with Crippen LogP contribution in [0.1, 0.15) is 6.92 Å². The zero-order valence-electron chi connectivity index (χ0n) is 8.32. The van der Waals surface area contributed by atoms with Crippen LogP contribution in [0.2, 0.25) is 0 Å². The van der Waals surface area contributed by atoms with Gasteiger partial charge >= 0.3 is 12.0 Å². The molecule has 0 aromatic rings. The molecule has 8 heteroatoms. The second-order valence-corrected chi connectivity index (χ2v) is 4.34. The van der Waals surface area contributed by atoms with Gasteiger partial charge in [0.2, 0.25) is 0 Å². The van der Waals surface area contributed by atoms with Crippen molar-refractivity contribution in [2.24, 2.45) is 0 Å². The Balaban J connectivity index is 3.41. The van der Waals surface area contributed by atoms with Gasteiger partial charge in [-0.2, -0.15) is 0 Å². The molecule has 0 saturated carbocycles. The summed E-state index contributed by atoms with van der Waals surface area (Å²) >= 11 is 0. The van der Waals surface area contributed by atoms with Crippen molar-refractivity contribution in [2.45, 2.75) is 6.92 Å². The summed E-state index contributed by atoms with van der Waals surface area (Å²) in [6, 6.07) is -0.649. The van der Waals surface area contributed by atoms with E-state index in [1.807, 2.05) is 5.48 Å². The highest BCUT2D eigenvalue weighted by molar-refractivity contribution is 7.84. The van der Waals surface area contributed by atoms with Crippen molar-refractivity contribution in [1.82, 2.24) is 10.8 Å².